The van der Waals surface area contributed by atoms with Crippen molar-refractivity contribution in [3.8, 4) is 0 Å². The first-order valence-electron chi connectivity index (χ1n) is 2.53. The molecule has 0 radical (unpaired) electrons. The third-order valence-electron chi connectivity index (χ3n) is 0.433. The van der Waals surface area contributed by atoms with Crippen LogP contribution in [0.3, 0.4) is 0 Å². The quantitative estimate of drug-likeness (QED) is 0.595. The lowest BCUT2D eigenvalue weighted by Gasteiger charge is -2.02. The summed E-state index contributed by atoms with van der Waals surface area (Å²) in [7, 11) is 0. The van der Waals surface area contributed by atoms with Crippen LogP contribution in [0, 0.1) is 0 Å². The second kappa shape index (κ2) is 7.61. The maximum atomic E-state index is 10.8. The predicted octanol–water partition coefficient (Wildman–Crippen LogP) is 4.14. The average Bonchev–Trinajstić information content (AvgIpc) is 1.83. The molecule has 0 rings (SSSR count). The smallest absolute Gasteiger partial charge is 0.210 e. The summed E-state index contributed by atoms with van der Waals surface area (Å²) in [6, 6.07) is 0. The summed E-state index contributed by atoms with van der Waals surface area (Å²) in [6.45, 7) is 0. The van der Waals surface area contributed by atoms with E-state index in [4.69, 9.17) is 23.2 Å². The van der Waals surface area contributed by atoms with Crippen LogP contribution in [0.5, 0.6) is 0 Å². The molecule has 0 spiro atoms. The zero-order valence-electron chi connectivity index (χ0n) is 5.58. The average molecular weight is 231 g/mol. The Morgan fingerprint density at radius 2 is 1.42 bits per heavy atom. The molecule has 0 amide bonds. The lowest BCUT2D eigenvalue weighted by Crippen LogP contribution is -2.12. The number of halogens is 7. The molecule has 0 atom stereocenters. The summed E-state index contributed by atoms with van der Waals surface area (Å²) in [5.74, 6) is 0. The fraction of sp³-hybridized carbons (Fsp3) is 0.600. The lowest BCUT2D eigenvalue weighted by molar-refractivity contribution is -0.158. The first kappa shape index (κ1) is 14.5. The van der Waals surface area contributed by atoms with Crippen LogP contribution in [0.15, 0.2) is 11.1 Å². The van der Waals surface area contributed by atoms with Gasteiger partial charge in [-0.3, -0.25) is 0 Å². The minimum atomic E-state index is -4.73. The summed E-state index contributed by atoms with van der Waals surface area (Å²) in [6.07, 6.45) is -10.0. The largest absolute Gasteiger partial charge is 0.394 e. The van der Waals surface area contributed by atoms with E-state index in [0.29, 0.717) is 0 Å². The molecule has 0 aliphatic heterocycles. The lowest BCUT2D eigenvalue weighted by atomic mass is 10.4. The summed E-state index contributed by atoms with van der Waals surface area (Å²) in [4.78, 5) is 0. The first-order chi connectivity index (χ1) is 5.33. The van der Waals surface area contributed by atoms with Crippen LogP contribution in [0.4, 0.5) is 22.0 Å². The van der Waals surface area contributed by atoms with Crippen molar-refractivity contribution in [2.75, 3.05) is 0 Å². The molecule has 0 aliphatic rings. The second-order valence-electron chi connectivity index (χ2n) is 1.46. The third-order valence-corrected chi connectivity index (χ3v) is 0.814. The van der Waals surface area contributed by atoms with E-state index < -0.39 is 19.0 Å². The highest BCUT2D eigenvalue weighted by molar-refractivity contribution is 6.33. The molecule has 7 heteroatoms. The van der Waals surface area contributed by atoms with Crippen LogP contribution >= 0.6 is 23.2 Å². The molecule has 0 aromatic heterocycles. The minimum Gasteiger partial charge on any atom is -0.210 e. The molecule has 0 saturated heterocycles. The number of alkyl halides is 5. The Morgan fingerprint density at radius 3 is 1.42 bits per heavy atom. The molecule has 0 fully saturated rings. The van der Waals surface area contributed by atoms with Crippen molar-refractivity contribution in [2.24, 2.45) is 0 Å². The summed E-state index contributed by atoms with van der Waals surface area (Å²) < 4.78 is 54.1. The zero-order valence-corrected chi connectivity index (χ0v) is 7.10. The molecule has 0 aromatic carbocycles. The standard InChI is InChI=1S/C3H3F5.C2H2Cl2/c4-2(5)1-3(6,7)8;3-1-2-4/h2H,1H2;1-2H/b;2-1+. The predicted molar refractivity (Wildman–Crippen MR) is 37.5 cm³/mol. The molecular formula is C5H5Cl2F5. The number of hydrogen-bond acceptors (Lipinski definition) is 0. The van der Waals surface area contributed by atoms with E-state index in [2.05, 4.69) is 0 Å². The van der Waals surface area contributed by atoms with Gasteiger partial charge in [0.15, 0.2) is 0 Å². The Balaban J connectivity index is 0. The number of hydrogen-bond donors (Lipinski definition) is 0. The van der Waals surface area contributed by atoms with Crippen molar-refractivity contribution < 1.29 is 22.0 Å². The molecular weight excluding hydrogens is 226 g/mol. The van der Waals surface area contributed by atoms with Gasteiger partial charge in [-0.25, -0.2) is 8.78 Å². The van der Waals surface area contributed by atoms with Crippen molar-refractivity contribution in [1.82, 2.24) is 0 Å². The van der Waals surface area contributed by atoms with Crippen LogP contribution in [-0.2, 0) is 0 Å². The molecule has 0 N–H and O–H groups in total. The van der Waals surface area contributed by atoms with E-state index >= 15 is 0 Å². The summed E-state index contributed by atoms with van der Waals surface area (Å²) in [5, 5.41) is 0. The van der Waals surface area contributed by atoms with Gasteiger partial charge >= 0.3 is 6.18 Å². The van der Waals surface area contributed by atoms with Gasteiger partial charge in [-0.05, 0) is 0 Å². The van der Waals surface area contributed by atoms with Crippen molar-refractivity contribution in [3.63, 3.8) is 0 Å². The monoisotopic (exact) mass is 230 g/mol. The van der Waals surface area contributed by atoms with Gasteiger partial charge < -0.3 is 0 Å². The normalized spacial score (nSPS) is 11.7. The highest BCUT2D eigenvalue weighted by atomic mass is 35.5. The van der Waals surface area contributed by atoms with E-state index in [1.165, 1.54) is 11.1 Å². The summed E-state index contributed by atoms with van der Waals surface area (Å²) >= 11 is 9.75. The fourth-order valence-corrected chi connectivity index (χ4v) is 0.175. The highest BCUT2D eigenvalue weighted by Gasteiger charge is 2.31. The first-order valence-corrected chi connectivity index (χ1v) is 3.41. The number of rotatable bonds is 1. The zero-order chi connectivity index (χ0) is 10.2. The molecule has 12 heavy (non-hydrogen) atoms. The van der Waals surface area contributed by atoms with Crippen molar-refractivity contribution >= 4 is 23.2 Å². The topological polar surface area (TPSA) is 0 Å². The van der Waals surface area contributed by atoms with Gasteiger partial charge in [-0.2, -0.15) is 13.2 Å². The van der Waals surface area contributed by atoms with Gasteiger partial charge in [0.05, 0.1) is 0 Å². The van der Waals surface area contributed by atoms with Crippen molar-refractivity contribution in [1.29, 1.82) is 0 Å². The fourth-order valence-electron chi connectivity index (χ4n) is 0.175. The Kier molecular flexibility index (Phi) is 9.19. The van der Waals surface area contributed by atoms with Crippen LogP contribution in [0.1, 0.15) is 6.42 Å². The van der Waals surface area contributed by atoms with Gasteiger partial charge in [-0.15, -0.1) is 0 Å². The maximum absolute atomic E-state index is 10.8. The van der Waals surface area contributed by atoms with Gasteiger partial charge in [0.2, 0.25) is 6.43 Å². The van der Waals surface area contributed by atoms with Crippen molar-refractivity contribution in [2.45, 2.75) is 19.0 Å². The molecule has 0 nitrogen and oxygen atoms in total. The van der Waals surface area contributed by atoms with Crippen LogP contribution in [-0.4, -0.2) is 12.6 Å². The maximum Gasteiger partial charge on any atom is 0.394 e. The van der Waals surface area contributed by atoms with Gasteiger partial charge in [0.25, 0.3) is 0 Å². The Morgan fingerprint density at radius 1 is 1.08 bits per heavy atom. The van der Waals surface area contributed by atoms with Crippen LogP contribution < -0.4 is 0 Å². The molecule has 0 saturated carbocycles. The minimum absolute atomic E-state index is 1.24. The third kappa shape index (κ3) is 22.5. The van der Waals surface area contributed by atoms with Gasteiger partial charge in [0, 0.05) is 11.1 Å². The molecule has 74 valence electrons. The SMILES string of the molecule is Cl/C=C/Cl.FC(F)CC(F)(F)F. The van der Waals surface area contributed by atoms with E-state index in [1.54, 1.807) is 0 Å². The molecule has 0 heterocycles. The van der Waals surface area contributed by atoms with Gasteiger partial charge in [0.1, 0.15) is 6.42 Å². The molecule has 0 unspecified atom stereocenters. The van der Waals surface area contributed by atoms with E-state index in [-0.39, 0.29) is 0 Å². The Bertz CT molecular complexity index is 115. The van der Waals surface area contributed by atoms with E-state index in [1.807, 2.05) is 0 Å². The van der Waals surface area contributed by atoms with E-state index in [9.17, 15) is 22.0 Å². The second-order valence-corrected chi connectivity index (χ2v) is 1.97. The molecule has 0 bridgehead atoms. The molecule has 0 aromatic rings. The summed E-state index contributed by atoms with van der Waals surface area (Å²) in [5.41, 5.74) is 2.48. The Labute approximate surface area is 75.9 Å². The van der Waals surface area contributed by atoms with Crippen molar-refractivity contribution in [3.05, 3.63) is 11.1 Å². The molecule has 0 aliphatic carbocycles. The highest BCUT2D eigenvalue weighted by Crippen LogP contribution is 2.22. The Hall–Kier alpha value is -0.0300. The van der Waals surface area contributed by atoms with Crippen LogP contribution in [0.25, 0.3) is 0 Å². The van der Waals surface area contributed by atoms with Crippen LogP contribution in [0.2, 0.25) is 0 Å². The van der Waals surface area contributed by atoms with Gasteiger partial charge in [-0.1, -0.05) is 23.2 Å². The van der Waals surface area contributed by atoms with E-state index in [0.717, 1.165) is 0 Å².